The third-order valence-corrected chi connectivity index (χ3v) is 3.70. The summed E-state index contributed by atoms with van der Waals surface area (Å²) in [4.78, 5) is 2.12. The molecule has 3 nitrogen and oxygen atoms in total. The Hall–Kier alpha value is -1.46. The van der Waals surface area contributed by atoms with Crippen molar-refractivity contribution in [3.63, 3.8) is 0 Å². The standard InChI is InChI=1S/C15H19FN2OS/c1-19-11-8-17-15(20)18-9-6-13(7-10-18)12-2-4-14(16)5-3-12/h2-6H,7-11H2,1H3,(H,17,20). The first kappa shape index (κ1) is 14.9. The highest BCUT2D eigenvalue weighted by molar-refractivity contribution is 7.80. The van der Waals surface area contributed by atoms with Gasteiger partial charge in [0, 0.05) is 26.7 Å². The number of ether oxygens (including phenoxy) is 1. The van der Waals surface area contributed by atoms with Crippen molar-refractivity contribution in [2.45, 2.75) is 6.42 Å². The lowest BCUT2D eigenvalue weighted by Gasteiger charge is -2.29. The van der Waals surface area contributed by atoms with Gasteiger partial charge in [-0.1, -0.05) is 18.2 Å². The molecule has 5 heteroatoms. The number of methoxy groups -OCH3 is 1. The second-order valence-electron chi connectivity index (χ2n) is 4.66. The van der Waals surface area contributed by atoms with Gasteiger partial charge >= 0.3 is 0 Å². The summed E-state index contributed by atoms with van der Waals surface area (Å²) in [6, 6.07) is 6.65. The van der Waals surface area contributed by atoms with E-state index in [-0.39, 0.29) is 5.82 Å². The Morgan fingerprint density at radius 3 is 2.75 bits per heavy atom. The summed E-state index contributed by atoms with van der Waals surface area (Å²) in [7, 11) is 1.67. The number of rotatable bonds is 4. The Morgan fingerprint density at radius 1 is 1.40 bits per heavy atom. The number of hydrogen-bond acceptors (Lipinski definition) is 2. The van der Waals surface area contributed by atoms with E-state index in [0.717, 1.165) is 36.7 Å². The predicted octanol–water partition coefficient (Wildman–Crippen LogP) is 2.44. The van der Waals surface area contributed by atoms with E-state index in [2.05, 4.69) is 16.3 Å². The summed E-state index contributed by atoms with van der Waals surface area (Å²) in [5.41, 5.74) is 2.34. The molecule has 1 aliphatic heterocycles. The molecule has 108 valence electrons. The van der Waals surface area contributed by atoms with Crippen LogP contribution in [-0.2, 0) is 4.74 Å². The molecular weight excluding hydrogens is 275 g/mol. The maximum atomic E-state index is 12.9. The predicted molar refractivity (Wildman–Crippen MR) is 83.0 cm³/mol. The number of nitrogens with one attached hydrogen (secondary N) is 1. The Morgan fingerprint density at radius 2 is 2.15 bits per heavy atom. The molecule has 0 spiro atoms. The van der Waals surface area contributed by atoms with Crippen molar-refractivity contribution < 1.29 is 9.13 Å². The Kier molecular flexibility index (Phi) is 5.49. The second kappa shape index (κ2) is 7.36. The van der Waals surface area contributed by atoms with Gasteiger partial charge in [-0.05, 0) is 41.9 Å². The van der Waals surface area contributed by atoms with E-state index in [4.69, 9.17) is 17.0 Å². The molecule has 2 rings (SSSR count). The van der Waals surface area contributed by atoms with Crippen LogP contribution in [0.5, 0.6) is 0 Å². The van der Waals surface area contributed by atoms with Crippen LogP contribution in [0.2, 0.25) is 0 Å². The monoisotopic (exact) mass is 294 g/mol. The van der Waals surface area contributed by atoms with Crippen molar-refractivity contribution in [3.8, 4) is 0 Å². The molecule has 0 fully saturated rings. The zero-order valence-corrected chi connectivity index (χ0v) is 12.4. The summed E-state index contributed by atoms with van der Waals surface area (Å²) < 4.78 is 17.9. The van der Waals surface area contributed by atoms with Crippen molar-refractivity contribution in [2.75, 3.05) is 33.4 Å². The quantitative estimate of drug-likeness (QED) is 0.681. The summed E-state index contributed by atoms with van der Waals surface area (Å²) >= 11 is 5.34. The molecule has 0 saturated carbocycles. The molecule has 0 atom stereocenters. The molecule has 0 bridgehead atoms. The Bertz CT molecular complexity index is 487. The molecule has 1 aromatic rings. The van der Waals surface area contributed by atoms with Crippen molar-refractivity contribution in [2.24, 2.45) is 0 Å². The maximum Gasteiger partial charge on any atom is 0.169 e. The third kappa shape index (κ3) is 4.02. The topological polar surface area (TPSA) is 24.5 Å². The first-order valence-corrected chi connectivity index (χ1v) is 7.08. The zero-order chi connectivity index (χ0) is 14.4. The smallest absolute Gasteiger partial charge is 0.169 e. The van der Waals surface area contributed by atoms with Gasteiger partial charge in [-0.3, -0.25) is 0 Å². The van der Waals surface area contributed by atoms with Crippen LogP contribution in [0.25, 0.3) is 5.57 Å². The Labute approximate surface area is 124 Å². The first-order chi connectivity index (χ1) is 9.70. The molecule has 0 saturated heterocycles. The van der Waals surface area contributed by atoms with Crippen LogP contribution in [0.15, 0.2) is 30.3 Å². The summed E-state index contributed by atoms with van der Waals surface area (Å²) in [5, 5.41) is 3.93. The van der Waals surface area contributed by atoms with Crippen LogP contribution in [-0.4, -0.2) is 43.4 Å². The van der Waals surface area contributed by atoms with Gasteiger partial charge in [0.25, 0.3) is 0 Å². The van der Waals surface area contributed by atoms with E-state index < -0.39 is 0 Å². The van der Waals surface area contributed by atoms with Crippen LogP contribution >= 0.6 is 12.2 Å². The number of hydrogen-bond donors (Lipinski definition) is 1. The lowest BCUT2D eigenvalue weighted by molar-refractivity contribution is 0.203. The van der Waals surface area contributed by atoms with E-state index in [0.29, 0.717) is 6.61 Å². The number of thiocarbonyl (C=S) groups is 1. The maximum absolute atomic E-state index is 12.9. The highest BCUT2D eigenvalue weighted by Crippen LogP contribution is 2.22. The molecule has 20 heavy (non-hydrogen) atoms. The number of halogens is 1. The average Bonchev–Trinajstić information content (AvgIpc) is 2.48. The van der Waals surface area contributed by atoms with E-state index in [1.807, 2.05) is 12.1 Å². The molecule has 0 radical (unpaired) electrons. The molecule has 1 aromatic carbocycles. The molecule has 1 heterocycles. The van der Waals surface area contributed by atoms with Crippen LogP contribution in [0.1, 0.15) is 12.0 Å². The highest BCUT2D eigenvalue weighted by Gasteiger charge is 2.15. The minimum atomic E-state index is -0.199. The van der Waals surface area contributed by atoms with Gasteiger partial charge in [0.2, 0.25) is 0 Å². The van der Waals surface area contributed by atoms with Crippen LogP contribution < -0.4 is 5.32 Å². The van der Waals surface area contributed by atoms with Gasteiger partial charge in [0.05, 0.1) is 6.61 Å². The van der Waals surface area contributed by atoms with E-state index in [1.54, 1.807) is 7.11 Å². The summed E-state index contributed by atoms with van der Waals surface area (Å²) in [6.45, 7) is 3.03. The molecule has 0 aromatic heterocycles. The van der Waals surface area contributed by atoms with E-state index in [1.165, 1.54) is 17.7 Å². The molecule has 0 aliphatic carbocycles. The van der Waals surface area contributed by atoms with Crippen molar-refractivity contribution in [3.05, 3.63) is 41.7 Å². The molecule has 1 aliphatic rings. The van der Waals surface area contributed by atoms with Gasteiger partial charge in [-0.2, -0.15) is 0 Å². The fraction of sp³-hybridized carbons (Fsp3) is 0.400. The lowest BCUT2D eigenvalue weighted by atomic mass is 10.00. The number of nitrogens with zero attached hydrogens (tertiary/aromatic N) is 1. The average molecular weight is 294 g/mol. The van der Waals surface area contributed by atoms with Crippen LogP contribution in [0.3, 0.4) is 0 Å². The fourth-order valence-corrected chi connectivity index (χ4v) is 2.42. The van der Waals surface area contributed by atoms with Crippen molar-refractivity contribution in [1.29, 1.82) is 0 Å². The van der Waals surface area contributed by atoms with Gasteiger partial charge in [-0.25, -0.2) is 4.39 Å². The number of benzene rings is 1. The van der Waals surface area contributed by atoms with Crippen molar-refractivity contribution in [1.82, 2.24) is 10.2 Å². The fourth-order valence-electron chi connectivity index (χ4n) is 2.15. The Balaban J connectivity index is 1.89. The summed E-state index contributed by atoms with van der Waals surface area (Å²) in [6.07, 6.45) is 3.07. The second-order valence-corrected chi connectivity index (χ2v) is 5.04. The highest BCUT2D eigenvalue weighted by atomic mass is 32.1. The van der Waals surface area contributed by atoms with E-state index in [9.17, 15) is 4.39 Å². The van der Waals surface area contributed by atoms with Gasteiger partial charge in [-0.15, -0.1) is 0 Å². The van der Waals surface area contributed by atoms with Crippen LogP contribution in [0, 0.1) is 5.82 Å². The summed E-state index contributed by atoms with van der Waals surface area (Å²) in [5.74, 6) is -0.199. The molecular formula is C15H19FN2OS. The first-order valence-electron chi connectivity index (χ1n) is 6.67. The van der Waals surface area contributed by atoms with Gasteiger partial charge < -0.3 is 15.0 Å². The van der Waals surface area contributed by atoms with Crippen LogP contribution in [0.4, 0.5) is 4.39 Å². The van der Waals surface area contributed by atoms with Gasteiger partial charge in [0.15, 0.2) is 5.11 Å². The molecule has 0 amide bonds. The molecule has 1 N–H and O–H groups in total. The normalized spacial score (nSPS) is 14.9. The minimum Gasteiger partial charge on any atom is -0.383 e. The zero-order valence-electron chi connectivity index (χ0n) is 11.6. The largest absolute Gasteiger partial charge is 0.383 e. The van der Waals surface area contributed by atoms with E-state index >= 15 is 0 Å². The third-order valence-electron chi connectivity index (χ3n) is 3.29. The minimum absolute atomic E-state index is 0.199. The SMILES string of the molecule is COCCNC(=S)N1CC=C(c2ccc(F)cc2)CC1. The van der Waals surface area contributed by atoms with Crippen molar-refractivity contribution >= 4 is 22.9 Å². The van der Waals surface area contributed by atoms with Gasteiger partial charge in [0.1, 0.15) is 5.82 Å². The molecule has 0 unspecified atom stereocenters. The lowest BCUT2D eigenvalue weighted by Crippen LogP contribution is -2.42.